The number of nitrogens with zero attached hydrogens (tertiary/aromatic N) is 2. The molecule has 3 nitrogen and oxygen atoms in total. The summed E-state index contributed by atoms with van der Waals surface area (Å²) in [6, 6.07) is 0. The maximum Gasteiger partial charge on any atom is 0.246 e. The van der Waals surface area contributed by atoms with Crippen molar-refractivity contribution < 1.29 is 4.79 Å². The van der Waals surface area contributed by atoms with Gasteiger partial charge in [-0.2, -0.15) is 0 Å². The average molecular weight is 222 g/mol. The van der Waals surface area contributed by atoms with Crippen molar-refractivity contribution in [1.29, 1.82) is 0 Å². The Morgan fingerprint density at radius 1 is 1.25 bits per heavy atom. The van der Waals surface area contributed by atoms with Gasteiger partial charge in [0.25, 0.3) is 0 Å². The van der Waals surface area contributed by atoms with Crippen molar-refractivity contribution in [3.05, 3.63) is 12.7 Å². The number of likely N-dealkylation sites (N-methyl/N-ethyl adjacent to an activating group) is 1. The number of amides is 1. The van der Waals surface area contributed by atoms with Gasteiger partial charge in [0, 0.05) is 25.2 Å². The van der Waals surface area contributed by atoms with Gasteiger partial charge in [-0.25, -0.2) is 0 Å². The second-order valence-electron chi connectivity index (χ2n) is 5.17. The molecule has 3 heteroatoms. The largest absolute Gasteiger partial charge is 0.336 e. The molecule has 0 aromatic heterocycles. The highest BCUT2D eigenvalue weighted by Gasteiger charge is 2.41. The Bertz CT molecular complexity index is 282. The van der Waals surface area contributed by atoms with Gasteiger partial charge in [-0.05, 0) is 26.0 Å². The Balaban J connectivity index is 2.10. The molecule has 0 N–H and O–H groups in total. The van der Waals surface area contributed by atoms with Gasteiger partial charge in [-0.1, -0.05) is 25.8 Å². The van der Waals surface area contributed by atoms with Gasteiger partial charge >= 0.3 is 0 Å². The maximum absolute atomic E-state index is 11.7. The van der Waals surface area contributed by atoms with Crippen LogP contribution in [0, 0.1) is 0 Å². The van der Waals surface area contributed by atoms with Crippen LogP contribution in [0.2, 0.25) is 0 Å². The standard InChI is InChI=1S/C13H22N2O/c1-3-12(16)15-10-9-14(2)13(11-15)7-5-4-6-8-13/h3H,1,4-11H2,2H3. The second kappa shape index (κ2) is 4.58. The Hall–Kier alpha value is -0.830. The molecule has 0 bridgehead atoms. The quantitative estimate of drug-likeness (QED) is 0.630. The van der Waals surface area contributed by atoms with Gasteiger partial charge in [0.15, 0.2) is 0 Å². The van der Waals surface area contributed by atoms with E-state index in [1.54, 1.807) is 0 Å². The van der Waals surface area contributed by atoms with E-state index >= 15 is 0 Å². The molecular weight excluding hydrogens is 200 g/mol. The van der Waals surface area contributed by atoms with E-state index in [0.717, 1.165) is 19.6 Å². The zero-order valence-electron chi connectivity index (χ0n) is 10.2. The molecule has 0 aromatic carbocycles. The first-order valence-electron chi connectivity index (χ1n) is 6.30. The third-order valence-corrected chi connectivity index (χ3v) is 4.27. The molecule has 2 aliphatic rings. The lowest BCUT2D eigenvalue weighted by Crippen LogP contribution is -2.62. The van der Waals surface area contributed by atoms with Crippen LogP contribution in [0.15, 0.2) is 12.7 Å². The molecule has 2 fully saturated rings. The van der Waals surface area contributed by atoms with Crippen molar-refractivity contribution in [1.82, 2.24) is 9.80 Å². The predicted molar refractivity (Wildman–Crippen MR) is 65.2 cm³/mol. The van der Waals surface area contributed by atoms with Gasteiger partial charge in [0.05, 0.1) is 0 Å². The van der Waals surface area contributed by atoms with Crippen LogP contribution in [0.1, 0.15) is 32.1 Å². The van der Waals surface area contributed by atoms with Crippen LogP contribution < -0.4 is 0 Å². The van der Waals surface area contributed by atoms with Gasteiger partial charge in [-0.3, -0.25) is 9.69 Å². The van der Waals surface area contributed by atoms with E-state index in [1.165, 1.54) is 38.2 Å². The zero-order chi connectivity index (χ0) is 11.6. The summed E-state index contributed by atoms with van der Waals surface area (Å²) in [5.74, 6) is 0.0954. The molecule has 1 amide bonds. The highest BCUT2D eigenvalue weighted by molar-refractivity contribution is 5.87. The Labute approximate surface area is 98.1 Å². The fourth-order valence-electron chi connectivity index (χ4n) is 3.13. The van der Waals surface area contributed by atoms with Crippen molar-refractivity contribution in [2.75, 3.05) is 26.7 Å². The number of hydrogen-bond acceptors (Lipinski definition) is 2. The smallest absolute Gasteiger partial charge is 0.246 e. The fraction of sp³-hybridized carbons (Fsp3) is 0.769. The van der Waals surface area contributed by atoms with Crippen molar-refractivity contribution >= 4 is 5.91 Å². The summed E-state index contributed by atoms with van der Waals surface area (Å²) in [4.78, 5) is 16.1. The summed E-state index contributed by atoms with van der Waals surface area (Å²) < 4.78 is 0. The number of carbonyl (C=O) groups is 1. The Morgan fingerprint density at radius 2 is 1.94 bits per heavy atom. The normalized spacial score (nSPS) is 25.7. The molecule has 1 spiro atoms. The summed E-state index contributed by atoms with van der Waals surface area (Å²) in [6.07, 6.45) is 7.89. The molecule has 90 valence electrons. The molecule has 0 aromatic rings. The lowest BCUT2D eigenvalue weighted by molar-refractivity contribution is -0.132. The molecule has 0 radical (unpaired) electrons. The van der Waals surface area contributed by atoms with Crippen molar-refractivity contribution in [2.45, 2.75) is 37.6 Å². The maximum atomic E-state index is 11.7. The molecule has 1 aliphatic carbocycles. The first-order valence-corrected chi connectivity index (χ1v) is 6.30. The summed E-state index contributed by atoms with van der Waals surface area (Å²) in [5, 5.41) is 0. The lowest BCUT2D eigenvalue weighted by atomic mass is 9.79. The van der Waals surface area contributed by atoms with E-state index < -0.39 is 0 Å². The summed E-state index contributed by atoms with van der Waals surface area (Å²) in [6.45, 7) is 6.33. The van der Waals surface area contributed by atoms with Crippen molar-refractivity contribution in [3.8, 4) is 0 Å². The molecule has 0 atom stereocenters. The molecule has 16 heavy (non-hydrogen) atoms. The van der Waals surface area contributed by atoms with Crippen LogP contribution in [0.25, 0.3) is 0 Å². The molecular formula is C13H22N2O. The SMILES string of the molecule is C=CC(=O)N1CCN(C)C2(CCCCC2)C1. The summed E-state index contributed by atoms with van der Waals surface area (Å²) in [7, 11) is 2.21. The van der Waals surface area contributed by atoms with Crippen molar-refractivity contribution in [2.24, 2.45) is 0 Å². The zero-order valence-corrected chi connectivity index (χ0v) is 10.2. The topological polar surface area (TPSA) is 23.6 Å². The number of piperazine rings is 1. The van der Waals surface area contributed by atoms with E-state index in [1.807, 2.05) is 4.90 Å². The highest BCUT2D eigenvalue weighted by Crippen LogP contribution is 2.35. The Kier molecular flexibility index (Phi) is 3.33. The van der Waals surface area contributed by atoms with Gasteiger partial charge in [0.2, 0.25) is 5.91 Å². The van der Waals surface area contributed by atoms with Crippen LogP contribution in [-0.4, -0.2) is 47.9 Å². The molecule has 0 unspecified atom stereocenters. The Morgan fingerprint density at radius 3 is 2.56 bits per heavy atom. The van der Waals surface area contributed by atoms with Crippen LogP contribution in [-0.2, 0) is 4.79 Å². The van der Waals surface area contributed by atoms with E-state index in [-0.39, 0.29) is 11.4 Å². The number of hydrogen-bond donors (Lipinski definition) is 0. The van der Waals surface area contributed by atoms with Crippen LogP contribution in [0.4, 0.5) is 0 Å². The molecule has 1 heterocycles. The molecule has 2 rings (SSSR count). The fourth-order valence-corrected chi connectivity index (χ4v) is 3.13. The summed E-state index contributed by atoms with van der Waals surface area (Å²) in [5.41, 5.74) is 0.259. The minimum atomic E-state index is 0.0954. The number of rotatable bonds is 1. The van der Waals surface area contributed by atoms with E-state index in [2.05, 4.69) is 18.5 Å². The average Bonchev–Trinajstić information content (AvgIpc) is 2.33. The first-order chi connectivity index (χ1) is 7.68. The minimum Gasteiger partial charge on any atom is -0.336 e. The predicted octanol–water partition coefficient (Wildman–Crippen LogP) is 1.65. The molecule has 1 aliphatic heterocycles. The van der Waals surface area contributed by atoms with Crippen LogP contribution in [0.3, 0.4) is 0 Å². The van der Waals surface area contributed by atoms with E-state index in [0.29, 0.717) is 0 Å². The second-order valence-corrected chi connectivity index (χ2v) is 5.17. The summed E-state index contributed by atoms with van der Waals surface area (Å²) >= 11 is 0. The van der Waals surface area contributed by atoms with Gasteiger partial charge in [0.1, 0.15) is 0 Å². The van der Waals surface area contributed by atoms with E-state index in [9.17, 15) is 4.79 Å². The first kappa shape index (κ1) is 11.6. The van der Waals surface area contributed by atoms with Gasteiger partial charge in [-0.15, -0.1) is 0 Å². The molecule has 1 saturated heterocycles. The monoisotopic (exact) mass is 222 g/mol. The molecule has 1 saturated carbocycles. The highest BCUT2D eigenvalue weighted by atomic mass is 16.2. The minimum absolute atomic E-state index is 0.0954. The van der Waals surface area contributed by atoms with Gasteiger partial charge < -0.3 is 4.90 Å². The van der Waals surface area contributed by atoms with Crippen LogP contribution >= 0.6 is 0 Å². The van der Waals surface area contributed by atoms with Crippen molar-refractivity contribution in [3.63, 3.8) is 0 Å². The third kappa shape index (κ3) is 2.01. The third-order valence-electron chi connectivity index (χ3n) is 4.27. The number of carbonyl (C=O) groups excluding carboxylic acids is 1. The van der Waals surface area contributed by atoms with E-state index in [4.69, 9.17) is 0 Å². The lowest BCUT2D eigenvalue weighted by Gasteiger charge is -2.51. The van der Waals surface area contributed by atoms with Crippen LogP contribution in [0.5, 0.6) is 0 Å².